The van der Waals surface area contributed by atoms with E-state index in [2.05, 4.69) is 9.71 Å². The highest BCUT2D eigenvalue weighted by Gasteiger charge is 2.27. The van der Waals surface area contributed by atoms with Crippen molar-refractivity contribution in [3.05, 3.63) is 41.2 Å². The first-order valence-electron chi connectivity index (χ1n) is 7.92. The van der Waals surface area contributed by atoms with E-state index in [9.17, 15) is 13.2 Å². The van der Waals surface area contributed by atoms with E-state index in [0.717, 1.165) is 0 Å². The summed E-state index contributed by atoms with van der Waals surface area (Å²) < 4.78 is 38.6. The van der Waals surface area contributed by atoms with Gasteiger partial charge in [-0.25, -0.2) is 13.2 Å². The number of ether oxygens (including phenoxy) is 2. The Kier molecular flexibility index (Phi) is 5.73. The van der Waals surface area contributed by atoms with E-state index in [1.807, 2.05) is 6.92 Å². The Labute approximate surface area is 147 Å². The first kappa shape index (κ1) is 18.9. The SMILES string of the molecule is CCOC(=O)c1[nH]c(C)c(S(=O)(=O)Nc2ccccc2OCC)c1C. The van der Waals surface area contributed by atoms with Gasteiger partial charge in [0.1, 0.15) is 16.3 Å². The number of nitrogens with one attached hydrogen (secondary N) is 2. The molecule has 2 rings (SSSR count). The summed E-state index contributed by atoms with van der Waals surface area (Å²) in [5.41, 5.74) is 1.15. The number of esters is 1. The van der Waals surface area contributed by atoms with Crippen molar-refractivity contribution in [2.24, 2.45) is 0 Å². The molecule has 0 fully saturated rings. The lowest BCUT2D eigenvalue weighted by atomic mass is 10.2. The fourth-order valence-electron chi connectivity index (χ4n) is 2.57. The van der Waals surface area contributed by atoms with Crippen LogP contribution >= 0.6 is 0 Å². The van der Waals surface area contributed by atoms with Gasteiger partial charge in [0.15, 0.2) is 0 Å². The third kappa shape index (κ3) is 3.96. The lowest BCUT2D eigenvalue weighted by Crippen LogP contribution is -2.15. The normalized spacial score (nSPS) is 11.2. The van der Waals surface area contributed by atoms with E-state index in [1.54, 1.807) is 45.0 Å². The molecular formula is C17H22N2O5S. The maximum atomic E-state index is 12.9. The molecule has 1 aromatic carbocycles. The summed E-state index contributed by atoms with van der Waals surface area (Å²) in [5.74, 6) is -0.149. The quantitative estimate of drug-likeness (QED) is 0.734. The average molecular weight is 366 g/mol. The van der Waals surface area contributed by atoms with Gasteiger partial charge in [-0.15, -0.1) is 0 Å². The lowest BCUT2D eigenvalue weighted by Gasteiger charge is -2.13. The Bertz CT molecular complexity index is 871. The van der Waals surface area contributed by atoms with Gasteiger partial charge >= 0.3 is 5.97 Å². The summed E-state index contributed by atoms with van der Waals surface area (Å²) >= 11 is 0. The third-order valence-electron chi connectivity index (χ3n) is 3.55. The summed E-state index contributed by atoms with van der Waals surface area (Å²) in [4.78, 5) is 14.8. The molecule has 0 aliphatic carbocycles. The molecule has 0 saturated heterocycles. The molecule has 1 heterocycles. The molecule has 25 heavy (non-hydrogen) atoms. The first-order valence-corrected chi connectivity index (χ1v) is 9.41. The number of aromatic nitrogens is 1. The number of benzene rings is 1. The van der Waals surface area contributed by atoms with Gasteiger partial charge in [-0.05, 0) is 39.8 Å². The predicted octanol–water partition coefficient (Wildman–Crippen LogP) is 3.01. The fourth-order valence-corrected chi connectivity index (χ4v) is 4.09. The van der Waals surface area contributed by atoms with Crippen LogP contribution in [0.15, 0.2) is 29.2 Å². The number of carbonyl (C=O) groups excluding carboxylic acids is 1. The van der Waals surface area contributed by atoms with Crippen LogP contribution in [0.4, 0.5) is 5.69 Å². The number of anilines is 1. The van der Waals surface area contributed by atoms with E-state index in [-0.39, 0.29) is 17.2 Å². The van der Waals surface area contributed by atoms with Crippen molar-refractivity contribution in [3.8, 4) is 5.75 Å². The van der Waals surface area contributed by atoms with Gasteiger partial charge in [0.05, 0.1) is 18.9 Å². The molecule has 136 valence electrons. The minimum Gasteiger partial charge on any atom is -0.492 e. The minimum atomic E-state index is -3.91. The van der Waals surface area contributed by atoms with Crippen molar-refractivity contribution < 1.29 is 22.7 Å². The van der Waals surface area contributed by atoms with Crippen LogP contribution in [0.2, 0.25) is 0 Å². The topological polar surface area (TPSA) is 97.5 Å². The van der Waals surface area contributed by atoms with Crippen LogP contribution in [0.3, 0.4) is 0 Å². The molecule has 2 N–H and O–H groups in total. The van der Waals surface area contributed by atoms with Gasteiger partial charge in [0.2, 0.25) is 0 Å². The van der Waals surface area contributed by atoms with Crippen LogP contribution in [0.5, 0.6) is 5.75 Å². The molecule has 0 aliphatic rings. The second-order valence-electron chi connectivity index (χ2n) is 5.33. The van der Waals surface area contributed by atoms with Crippen molar-refractivity contribution in [2.75, 3.05) is 17.9 Å². The molecule has 0 amide bonds. The molecule has 7 nitrogen and oxygen atoms in total. The number of H-pyrrole nitrogens is 1. The van der Waals surface area contributed by atoms with Crippen LogP contribution in [0, 0.1) is 13.8 Å². The van der Waals surface area contributed by atoms with Gasteiger partial charge in [-0.3, -0.25) is 4.72 Å². The van der Waals surface area contributed by atoms with Crippen LogP contribution < -0.4 is 9.46 Å². The first-order chi connectivity index (χ1) is 11.8. The number of aromatic amines is 1. The van der Waals surface area contributed by atoms with Crippen LogP contribution in [0.25, 0.3) is 0 Å². The standard InChI is InChI=1S/C17H22N2O5S/c1-5-23-14-10-8-7-9-13(14)19-25(21,22)16-11(3)15(18-12(16)4)17(20)24-6-2/h7-10,18-19H,5-6H2,1-4H3. The maximum absolute atomic E-state index is 12.9. The molecule has 0 aliphatic heterocycles. The average Bonchev–Trinajstić information content (AvgIpc) is 2.85. The highest BCUT2D eigenvalue weighted by Crippen LogP contribution is 2.30. The van der Waals surface area contributed by atoms with Gasteiger partial charge in [-0.1, -0.05) is 12.1 Å². The number of hydrogen-bond donors (Lipinski definition) is 2. The van der Waals surface area contributed by atoms with E-state index < -0.39 is 16.0 Å². The second-order valence-corrected chi connectivity index (χ2v) is 6.95. The zero-order valence-corrected chi connectivity index (χ0v) is 15.5. The minimum absolute atomic E-state index is 0.0295. The Morgan fingerprint density at radius 2 is 1.84 bits per heavy atom. The maximum Gasteiger partial charge on any atom is 0.355 e. The largest absolute Gasteiger partial charge is 0.492 e. The zero-order valence-electron chi connectivity index (χ0n) is 14.7. The van der Waals surface area contributed by atoms with E-state index >= 15 is 0 Å². The number of carbonyl (C=O) groups is 1. The predicted molar refractivity (Wildman–Crippen MR) is 94.6 cm³/mol. The van der Waals surface area contributed by atoms with Gasteiger partial charge in [0, 0.05) is 11.3 Å². The monoisotopic (exact) mass is 366 g/mol. The van der Waals surface area contributed by atoms with Gasteiger partial charge < -0.3 is 14.5 Å². The molecule has 0 saturated carbocycles. The van der Waals surface area contributed by atoms with Crippen LogP contribution in [-0.2, 0) is 14.8 Å². The fraction of sp³-hybridized carbons (Fsp3) is 0.353. The van der Waals surface area contributed by atoms with E-state index in [1.165, 1.54) is 0 Å². The molecular weight excluding hydrogens is 344 g/mol. The van der Waals surface area contributed by atoms with Crippen LogP contribution in [0.1, 0.15) is 35.6 Å². The summed E-state index contributed by atoms with van der Waals surface area (Å²) in [6.07, 6.45) is 0. The van der Waals surface area contributed by atoms with Crippen molar-refractivity contribution in [3.63, 3.8) is 0 Å². The highest BCUT2D eigenvalue weighted by molar-refractivity contribution is 7.92. The van der Waals surface area contributed by atoms with Crippen molar-refractivity contribution in [1.29, 1.82) is 0 Å². The molecule has 0 unspecified atom stereocenters. The molecule has 0 spiro atoms. The number of para-hydroxylation sites is 2. The zero-order chi connectivity index (χ0) is 18.6. The van der Waals surface area contributed by atoms with Gasteiger partial charge in [0.25, 0.3) is 10.0 Å². The third-order valence-corrected chi connectivity index (χ3v) is 5.19. The van der Waals surface area contributed by atoms with Crippen molar-refractivity contribution in [1.82, 2.24) is 4.98 Å². The van der Waals surface area contributed by atoms with Gasteiger partial charge in [-0.2, -0.15) is 0 Å². The molecule has 0 bridgehead atoms. The Morgan fingerprint density at radius 3 is 2.48 bits per heavy atom. The number of rotatable bonds is 7. The number of hydrogen-bond acceptors (Lipinski definition) is 5. The number of aryl methyl sites for hydroxylation is 1. The van der Waals surface area contributed by atoms with Crippen molar-refractivity contribution >= 4 is 21.7 Å². The Hall–Kier alpha value is -2.48. The molecule has 1 aromatic heterocycles. The molecule has 0 atom stereocenters. The Balaban J connectivity index is 2.43. The highest BCUT2D eigenvalue weighted by atomic mass is 32.2. The molecule has 0 radical (unpaired) electrons. The van der Waals surface area contributed by atoms with E-state index in [0.29, 0.717) is 29.3 Å². The van der Waals surface area contributed by atoms with E-state index in [4.69, 9.17) is 9.47 Å². The number of sulfonamides is 1. The Morgan fingerprint density at radius 1 is 1.16 bits per heavy atom. The summed E-state index contributed by atoms with van der Waals surface area (Å²) in [6.45, 7) is 7.29. The smallest absolute Gasteiger partial charge is 0.355 e. The summed E-state index contributed by atoms with van der Waals surface area (Å²) in [5, 5.41) is 0. The summed E-state index contributed by atoms with van der Waals surface area (Å²) in [6, 6.07) is 6.77. The molecule has 8 heteroatoms. The van der Waals surface area contributed by atoms with Crippen LogP contribution in [-0.4, -0.2) is 32.6 Å². The lowest BCUT2D eigenvalue weighted by molar-refractivity contribution is 0.0519. The van der Waals surface area contributed by atoms with Crippen molar-refractivity contribution in [2.45, 2.75) is 32.6 Å². The molecule has 2 aromatic rings. The summed E-state index contributed by atoms with van der Waals surface area (Å²) in [7, 11) is -3.91. The second kappa shape index (κ2) is 7.60.